The summed E-state index contributed by atoms with van der Waals surface area (Å²) in [6.07, 6.45) is 5.53. The van der Waals surface area contributed by atoms with E-state index in [4.69, 9.17) is 0 Å². The number of hydrogen-bond acceptors (Lipinski definition) is 3. The van der Waals surface area contributed by atoms with Crippen LogP contribution >= 0.6 is 15.9 Å². The normalized spacial score (nSPS) is 28.3. The lowest BCUT2D eigenvalue weighted by Gasteiger charge is -2.23. The Balaban J connectivity index is 1.83. The first-order chi connectivity index (χ1) is 10.6. The number of hydrogen-bond donors (Lipinski definition) is 0. The van der Waals surface area contributed by atoms with Gasteiger partial charge < -0.3 is 4.90 Å². The van der Waals surface area contributed by atoms with Crippen molar-refractivity contribution >= 4 is 33.0 Å². The first-order valence-corrected chi connectivity index (χ1v) is 8.23. The summed E-state index contributed by atoms with van der Waals surface area (Å²) in [5.74, 6) is 0.223. The highest BCUT2D eigenvalue weighted by Gasteiger charge is 2.61. The maximum Gasteiger partial charge on any atom is 0.248 e. The molecule has 5 nitrogen and oxygen atoms in total. The maximum atomic E-state index is 13.1. The van der Waals surface area contributed by atoms with E-state index in [0.29, 0.717) is 6.54 Å². The zero-order valence-electron chi connectivity index (χ0n) is 12.2. The van der Waals surface area contributed by atoms with Gasteiger partial charge in [0.25, 0.3) is 0 Å². The van der Waals surface area contributed by atoms with E-state index in [1.54, 1.807) is 15.6 Å². The Kier molecular flexibility index (Phi) is 2.85. The number of fused-ring (bicyclic) bond motifs is 1. The number of rotatable bonds is 2. The molecule has 1 saturated carbocycles. The summed E-state index contributed by atoms with van der Waals surface area (Å²) in [6, 6.07) is 6.17. The van der Waals surface area contributed by atoms with Crippen LogP contribution in [0, 0.1) is 28.6 Å². The molecule has 112 valence electrons. The number of nitriles is 1. The highest BCUT2D eigenvalue weighted by atomic mass is 79.9. The van der Waals surface area contributed by atoms with Crippen LogP contribution in [-0.4, -0.2) is 22.1 Å². The average molecular weight is 359 g/mol. The van der Waals surface area contributed by atoms with E-state index in [9.17, 15) is 10.1 Å². The van der Waals surface area contributed by atoms with Crippen molar-refractivity contribution < 1.29 is 4.79 Å². The van der Waals surface area contributed by atoms with Crippen LogP contribution in [0.15, 0.2) is 29.0 Å². The van der Waals surface area contributed by atoms with Crippen molar-refractivity contribution in [1.82, 2.24) is 9.61 Å². The topological polar surface area (TPSA) is 61.4 Å². The van der Waals surface area contributed by atoms with Gasteiger partial charge in [-0.15, -0.1) is 0 Å². The third-order valence-corrected chi connectivity index (χ3v) is 5.42. The molecule has 1 aliphatic carbocycles. The molecular weight excluding hydrogens is 344 g/mol. The maximum absolute atomic E-state index is 13.1. The second-order valence-electron chi connectivity index (χ2n) is 6.28. The molecule has 0 radical (unpaired) electrons. The molecule has 22 heavy (non-hydrogen) atoms. The van der Waals surface area contributed by atoms with Crippen molar-refractivity contribution in [1.29, 1.82) is 5.26 Å². The van der Waals surface area contributed by atoms with Crippen molar-refractivity contribution in [3.8, 4) is 6.07 Å². The van der Waals surface area contributed by atoms with Crippen LogP contribution in [-0.2, 0) is 4.79 Å². The third-order valence-electron chi connectivity index (χ3n) is 4.98. The van der Waals surface area contributed by atoms with Gasteiger partial charge in [0.1, 0.15) is 5.41 Å². The van der Waals surface area contributed by atoms with Gasteiger partial charge in [0.15, 0.2) is 0 Å². The fourth-order valence-electron chi connectivity index (χ4n) is 3.70. The van der Waals surface area contributed by atoms with Crippen LogP contribution in [0.1, 0.15) is 19.8 Å². The molecule has 0 aromatic carbocycles. The van der Waals surface area contributed by atoms with Gasteiger partial charge in [-0.1, -0.05) is 6.92 Å². The lowest BCUT2D eigenvalue weighted by molar-refractivity contribution is -0.124. The molecule has 1 amide bonds. The lowest BCUT2D eigenvalue weighted by Crippen LogP contribution is -2.37. The molecule has 2 aromatic heterocycles. The van der Waals surface area contributed by atoms with E-state index in [-0.39, 0.29) is 17.7 Å². The Morgan fingerprint density at radius 1 is 1.50 bits per heavy atom. The fourth-order valence-corrected chi connectivity index (χ4v) is 4.11. The van der Waals surface area contributed by atoms with Crippen LogP contribution < -0.4 is 4.90 Å². The highest BCUT2D eigenvalue weighted by Crippen LogP contribution is 2.54. The molecule has 0 unspecified atom stereocenters. The molecule has 0 N–H and O–H groups in total. The fraction of sp³-hybridized carbons (Fsp3) is 0.438. The predicted octanol–water partition coefficient (Wildman–Crippen LogP) is 3.00. The van der Waals surface area contributed by atoms with Crippen molar-refractivity contribution in [3.63, 3.8) is 0 Å². The molecule has 2 atom stereocenters. The smallest absolute Gasteiger partial charge is 0.248 e. The van der Waals surface area contributed by atoms with Crippen molar-refractivity contribution in [2.24, 2.45) is 17.3 Å². The van der Waals surface area contributed by atoms with Crippen LogP contribution in [0.5, 0.6) is 0 Å². The van der Waals surface area contributed by atoms with E-state index >= 15 is 0 Å². The van der Waals surface area contributed by atoms with Gasteiger partial charge in [-0.2, -0.15) is 10.4 Å². The van der Waals surface area contributed by atoms with Crippen LogP contribution in [0.3, 0.4) is 0 Å². The van der Waals surface area contributed by atoms with Crippen LogP contribution in [0.25, 0.3) is 5.52 Å². The summed E-state index contributed by atoms with van der Waals surface area (Å²) < 4.78 is 2.67. The largest absolute Gasteiger partial charge is 0.309 e. The Bertz CT molecular complexity index is 819. The number of aromatic nitrogens is 2. The zero-order valence-corrected chi connectivity index (χ0v) is 13.7. The predicted molar refractivity (Wildman–Crippen MR) is 85.2 cm³/mol. The van der Waals surface area contributed by atoms with Gasteiger partial charge in [0, 0.05) is 29.3 Å². The Morgan fingerprint density at radius 2 is 2.27 bits per heavy atom. The number of amides is 1. The summed E-state index contributed by atoms with van der Waals surface area (Å²) >= 11 is 3.45. The molecule has 4 rings (SSSR count). The van der Waals surface area contributed by atoms with E-state index < -0.39 is 5.41 Å². The quantitative estimate of drug-likeness (QED) is 0.828. The van der Waals surface area contributed by atoms with Gasteiger partial charge in [-0.05, 0) is 46.8 Å². The van der Waals surface area contributed by atoms with E-state index in [2.05, 4.69) is 27.1 Å². The van der Waals surface area contributed by atoms with Gasteiger partial charge in [0.05, 0.1) is 17.3 Å². The lowest BCUT2D eigenvalue weighted by atomic mass is 9.75. The first kappa shape index (κ1) is 13.8. The second-order valence-corrected chi connectivity index (χ2v) is 7.19. The first-order valence-electron chi connectivity index (χ1n) is 7.44. The van der Waals surface area contributed by atoms with Gasteiger partial charge in [-0.25, -0.2) is 4.52 Å². The average Bonchev–Trinajstić information content (AvgIpc) is 3.21. The van der Waals surface area contributed by atoms with Crippen LogP contribution in [0.2, 0.25) is 0 Å². The van der Waals surface area contributed by atoms with Gasteiger partial charge in [-0.3, -0.25) is 4.79 Å². The molecule has 2 aromatic rings. The summed E-state index contributed by atoms with van der Waals surface area (Å²) in [4.78, 5) is 14.8. The van der Waals surface area contributed by atoms with Crippen molar-refractivity contribution in [2.45, 2.75) is 19.8 Å². The molecule has 0 bridgehead atoms. The van der Waals surface area contributed by atoms with Crippen molar-refractivity contribution in [2.75, 3.05) is 11.4 Å². The number of carbonyl (C=O) groups is 1. The van der Waals surface area contributed by atoms with E-state index in [1.165, 1.54) is 0 Å². The Morgan fingerprint density at radius 3 is 2.95 bits per heavy atom. The summed E-state index contributed by atoms with van der Waals surface area (Å²) in [7, 11) is 0. The molecule has 1 aliphatic heterocycles. The standard InChI is InChI=1S/C16H15BrN4O/c1-10-7-20(15(22)16(10,9-18)11-2-3-11)13-4-5-19-21-8-12(17)6-14(13)21/h4-6,8,10-11H,2-3,7H2,1H3/t10-,16+/m0/s1. The SMILES string of the molecule is C[C@H]1CN(c2ccnn3cc(Br)cc23)C(=O)[C@@]1(C#N)C1CC1. The molecule has 3 heterocycles. The molecular formula is C16H15BrN4O. The molecule has 0 spiro atoms. The minimum absolute atomic E-state index is 0.0455. The third kappa shape index (κ3) is 1.69. The monoisotopic (exact) mass is 358 g/mol. The number of carbonyl (C=O) groups excluding carboxylic acids is 1. The number of anilines is 1. The van der Waals surface area contributed by atoms with Crippen molar-refractivity contribution in [3.05, 3.63) is 29.0 Å². The molecule has 6 heteroatoms. The minimum atomic E-state index is -0.843. The summed E-state index contributed by atoms with van der Waals surface area (Å²) in [5.41, 5.74) is 0.860. The number of nitrogens with zero attached hydrogens (tertiary/aromatic N) is 4. The van der Waals surface area contributed by atoms with Crippen LogP contribution in [0.4, 0.5) is 5.69 Å². The second kappa shape index (κ2) is 4.56. The van der Waals surface area contributed by atoms with Gasteiger partial charge >= 0.3 is 0 Å². The Hall–Kier alpha value is -1.87. The number of halogens is 1. The molecule has 2 aliphatic rings. The Labute approximate surface area is 136 Å². The zero-order chi connectivity index (χ0) is 15.5. The highest BCUT2D eigenvalue weighted by molar-refractivity contribution is 9.10. The molecule has 1 saturated heterocycles. The van der Waals surface area contributed by atoms with E-state index in [1.807, 2.05) is 25.3 Å². The van der Waals surface area contributed by atoms with Gasteiger partial charge in [0.2, 0.25) is 5.91 Å². The minimum Gasteiger partial charge on any atom is -0.309 e. The molecule has 2 fully saturated rings. The summed E-state index contributed by atoms with van der Waals surface area (Å²) in [5, 5.41) is 14.0. The van der Waals surface area contributed by atoms with E-state index in [0.717, 1.165) is 28.5 Å². The summed E-state index contributed by atoms with van der Waals surface area (Å²) in [6.45, 7) is 2.61.